The zero-order valence-corrected chi connectivity index (χ0v) is 11.8. The molecule has 1 aromatic heterocycles. The number of carboxylic acids is 1. The lowest BCUT2D eigenvalue weighted by atomic mass is 10.0. The Bertz CT molecular complexity index is 471. The third kappa shape index (κ3) is 3.13. The van der Waals surface area contributed by atoms with Crippen molar-refractivity contribution in [3.8, 4) is 0 Å². The van der Waals surface area contributed by atoms with E-state index in [4.69, 9.17) is 9.84 Å². The van der Waals surface area contributed by atoms with Crippen LogP contribution in [-0.4, -0.2) is 29.6 Å². The topological polar surface area (TPSA) is 75.6 Å². The minimum Gasteiger partial charge on any atom is -0.480 e. The zero-order chi connectivity index (χ0) is 14.0. The summed E-state index contributed by atoms with van der Waals surface area (Å²) in [5.41, 5.74) is 1.04. The Labute approximate surface area is 115 Å². The van der Waals surface area contributed by atoms with Crippen LogP contribution in [0.25, 0.3) is 0 Å². The predicted molar refractivity (Wildman–Crippen MR) is 71.4 cm³/mol. The fourth-order valence-corrected chi connectivity index (χ4v) is 3.04. The van der Waals surface area contributed by atoms with Crippen molar-refractivity contribution in [3.05, 3.63) is 21.4 Å². The maximum atomic E-state index is 12.1. The number of carboxylic acid groups (broad SMARTS) is 1. The Balaban J connectivity index is 2.11. The van der Waals surface area contributed by atoms with Crippen molar-refractivity contribution in [2.75, 3.05) is 6.61 Å². The fourth-order valence-electron chi connectivity index (χ4n) is 1.99. The smallest absolute Gasteiger partial charge is 0.326 e. The van der Waals surface area contributed by atoms with Crippen molar-refractivity contribution in [1.82, 2.24) is 5.32 Å². The molecule has 0 saturated heterocycles. The molecule has 0 spiro atoms. The van der Waals surface area contributed by atoms with Gasteiger partial charge in [0.1, 0.15) is 6.04 Å². The molecule has 6 heteroatoms. The number of hydrogen-bond acceptors (Lipinski definition) is 4. The van der Waals surface area contributed by atoms with Gasteiger partial charge < -0.3 is 15.2 Å². The van der Waals surface area contributed by atoms with Crippen molar-refractivity contribution in [3.63, 3.8) is 0 Å². The van der Waals surface area contributed by atoms with E-state index in [1.165, 1.54) is 11.3 Å². The first kappa shape index (κ1) is 14.0. The summed E-state index contributed by atoms with van der Waals surface area (Å²) in [6.07, 6.45) is 0.819. The van der Waals surface area contributed by atoms with Crippen LogP contribution in [0.4, 0.5) is 0 Å². The molecular formula is C13H17NO4S. The first-order chi connectivity index (χ1) is 8.99. The molecule has 0 aromatic carbocycles. The Kier molecular flexibility index (Phi) is 4.21. The highest BCUT2D eigenvalue weighted by atomic mass is 32.1. The standard InChI is InChI=1S/C13H17NO4S/c1-7(2)11(13(16)17)14-12(15)10-5-8-6-18-4-3-9(8)19-10/h5,7,11H,3-4,6H2,1-2H3,(H,14,15)(H,16,17)/t11-/m1/s1. The van der Waals surface area contributed by atoms with E-state index in [9.17, 15) is 9.59 Å². The molecule has 1 amide bonds. The largest absolute Gasteiger partial charge is 0.480 e. The summed E-state index contributed by atoms with van der Waals surface area (Å²) < 4.78 is 5.33. The summed E-state index contributed by atoms with van der Waals surface area (Å²) in [6, 6.07) is 0.941. The molecule has 1 aromatic rings. The number of hydrogen-bond donors (Lipinski definition) is 2. The number of carbonyl (C=O) groups excluding carboxylic acids is 1. The molecule has 1 aliphatic heterocycles. The van der Waals surface area contributed by atoms with Gasteiger partial charge in [0.15, 0.2) is 0 Å². The first-order valence-corrected chi connectivity index (χ1v) is 7.03. The molecule has 2 rings (SSSR count). The summed E-state index contributed by atoms with van der Waals surface area (Å²) >= 11 is 1.42. The lowest BCUT2D eigenvalue weighted by Crippen LogP contribution is -2.44. The van der Waals surface area contributed by atoms with Gasteiger partial charge in [0, 0.05) is 11.3 Å². The van der Waals surface area contributed by atoms with Crippen LogP contribution in [0.15, 0.2) is 6.07 Å². The number of ether oxygens (including phenoxy) is 1. The average Bonchev–Trinajstić information content (AvgIpc) is 2.78. The van der Waals surface area contributed by atoms with E-state index < -0.39 is 12.0 Å². The van der Waals surface area contributed by atoms with Crippen molar-refractivity contribution >= 4 is 23.2 Å². The van der Waals surface area contributed by atoms with Gasteiger partial charge in [-0.15, -0.1) is 11.3 Å². The summed E-state index contributed by atoms with van der Waals surface area (Å²) in [5, 5.41) is 11.6. The molecule has 5 nitrogen and oxygen atoms in total. The number of thiophene rings is 1. The predicted octanol–water partition coefficient (Wildman–Crippen LogP) is 1.66. The highest BCUT2D eigenvalue weighted by Gasteiger charge is 2.25. The van der Waals surface area contributed by atoms with Gasteiger partial charge in [0.2, 0.25) is 0 Å². The third-order valence-corrected chi connectivity index (χ3v) is 4.31. The monoisotopic (exact) mass is 283 g/mol. The molecule has 104 valence electrons. The number of amides is 1. The summed E-state index contributed by atoms with van der Waals surface area (Å²) in [6.45, 7) is 4.75. The Morgan fingerprint density at radius 2 is 2.21 bits per heavy atom. The van der Waals surface area contributed by atoms with Crippen LogP contribution in [0, 0.1) is 5.92 Å². The van der Waals surface area contributed by atoms with Gasteiger partial charge in [-0.3, -0.25) is 4.79 Å². The van der Waals surface area contributed by atoms with Gasteiger partial charge in [-0.05, 0) is 17.5 Å². The molecule has 0 fully saturated rings. The second-order valence-corrected chi connectivity index (χ2v) is 6.03. The average molecular weight is 283 g/mol. The number of rotatable bonds is 4. The third-order valence-electron chi connectivity index (χ3n) is 3.07. The summed E-state index contributed by atoms with van der Waals surface area (Å²) in [7, 11) is 0. The molecule has 2 heterocycles. The molecule has 2 N–H and O–H groups in total. The molecular weight excluding hydrogens is 266 g/mol. The van der Waals surface area contributed by atoms with Crippen LogP contribution in [0.2, 0.25) is 0 Å². The first-order valence-electron chi connectivity index (χ1n) is 6.22. The van der Waals surface area contributed by atoms with Gasteiger partial charge in [-0.1, -0.05) is 13.8 Å². The van der Waals surface area contributed by atoms with Crippen LogP contribution in [-0.2, 0) is 22.6 Å². The molecule has 0 aliphatic carbocycles. The molecule has 0 bridgehead atoms. The fraction of sp³-hybridized carbons (Fsp3) is 0.538. The van der Waals surface area contributed by atoms with Gasteiger partial charge in [-0.25, -0.2) is 4.79 Å². The maximum Gasteiger partial charge on any atom is 0.326 e. The van der Waals surface area contributed by atoms with Crippen molar-refractivity contribution < 1.29 is 19.4 Å². The second-order valence-electron chi connectivity index (χ2n) is 4.90. The van der Waals surface area contributed by atoms with Gasteiger partial charge in [0.05, 0.1) is 18.1 Å². The van der Waals surface area contributed by atoms with Crippen LogP contribution in [0.1, 0.15) is 34.0 Å². The number of carbonyl (C=O) groups is 2. The second kappa shape index (κ2) is 5.71. The molecule has 1 aliphatic rings. The summed E-state index contributed by atoms with van der Waals surface area (Å²) in [5.74, 6) is -1.48. The van der Waals surface area contributed by atoms with Crippen LogP contribution < -0.4 is 5.32 Å². The highest BCUT2D eigenvalue weighted by molar-refractivity contribution is 7.14. The van der Waals surface area contributed by atoms with E-state index in [-0.39, 0.29) is 11.8 Å². The van der Waals surface area contributed by atoms with Gasteiger partial charge in [0.25, 0.3) is 5.91 Å². The lowest BCUT2D eigenvalue weighted by Gasteiger charge is -2.17. The van der Waals surface area contributed by atoms with E-state index in [0.717, 1.165) is 16.9 Å². The van der Waals surface area contributed by atoms with E-state index in [0.29, 0.717) is 18.1 Å². The SMILES string of the molecule is CC(C)[C@@H](NC(=O)c1cc2c(s1)CCOC2)C(=O)O. The molecule has 0 unspecified atom stereocenters. The number of fused-ring (bicyclic) bond motifs is 1. The van der Waals surface area contributed by atoms with Crippen LogP contribution in [0.5, 0.6) is 0 Å². The number of aliphatic carboxylic acids is 1. The normalized spacial score (nSPS) is 15.9. The van der Waals surface area contributed by atoms with Crippen molar-refractivity contribution in [2.45, 2.75) is 32.9 Å². The van der Waals surface area contributed by atoms with Crippen molar-refractivity contribution in [2.24, 2.45) is 5.92 Å². The zero-order valence-electron chi connectivity index (χ0n) is 10.9. The molecule has 1 atom stereocenters. The van der Waals surface area contributed by atoms with E-state index >= 15 is 0 Å². The highest BCUT2D eigenvalue weighted by Crippen LogP contribution is 2.27. The van der Waals surface area contributed by atoms with Crippen molar-refractivity contribution in [1.29, 1.82) is 0 Å². The molecule has 0 radical (unpaired) electrons. The molecule has 19 heavy (non-hydrogen) atoms. The van der Waals surface area contributed by atoms with Crippen LogP contribution >= 0.6 is 11.3 Å². The minimum absolute atomic E-state index is 0.153. The minimum atomic E-state index is -1.01. The lowest BCUT2D eigenvalue weighted by molar-refractivity contribution is -0.140. The van der Waals surface area contributed by atoms with E-state index in [2.05, 4.69) is 5.32 Å². The Morgan fingerprint density at radius 1 is 1.47 bits per heavy atom. The maximum absolute atomic E-state index is 12.1. The van der Waals surface area contributed by atoms with Crippen LogP contribution in [0.3, 0.4) is 0 Å². The van der Waals surface area contributed by atoms with E-state index in [1.807, 2.05) is 0 Å². The Hall–Kier alpha value is -1.40. The molecule has 0 saturated carbocycles. The van der Waals surface area contributed by atoms with Gasteiger partial charge >= 0.3 is 5.97 Å². The van der Waals surface area contributed by atoms with E-state index in [1.54, 1.807) is 19.9 Å². The van der Waals surface area contributed by atoms with Gasteiger partial charge in [-0.2, -0.15) is 0 Å². The quantitative estimate of drug-likeness (QED) is 0.881. The summed E-state index contributed by atoms with van der Waals surface area (Å²) in [4.78, 5) is 24.9. The number of nitrogens with one attached hydrogen (secondary N) is 1. The Morgan fingerprint density at radius 3 is 2.79 bits per heavy atom.